The average Bonchev–Trinajstić information content (AvgIpc) is 2.43. The number of aliphatic hydroxyl groups is 1. The zero-order chi connectivity index (χ0) is 14.6. The average molecular weight is 273 g/mol. The molecule has 0 radical (unpaired) electrons. The molecule has 0 aliphatic heterocycles. The highest BCUT2D eigenvalue weighted by molar-refractivity contribution is 5.24. The van der Waals surface area contributed by atoms with Gasteiger partial charge in [-0.3, -0.25) is 0 Å². The van der Waals surface area contributed by atoms with Crippen molar-refractivity contribution in [1.82, 2.24) is 4.90 Å². The summed E-state index contributed by atoms with van der Waals surface area (Å²) in [4.78, 5) is 2.19. The van der Waals surface area contributed by atoms with Crippen LogP contribution in [0.1, 0.15) is 31.2 Å². The van der Waals surface area contributed by atoms with Gasteiger partial charge in [0.25, 0.3) is 0 Å². The highest BCUT2D eigenvalue weighted by Crippen LogP contribution is 2.45. The Morgan fingerprint density at radius 2 is 2.05 bits per heavy atom. The van der Waals surface area contributed by atoms with Crippen LogP contribution >= 0.6 is 0 Å². The van der Waals surface area contributed by atoms with Crippen molar-refractivity contribution in [2.45, 2.75) is 31.3 Å². The quantitative estimate of drug-likeness (QED) is 0.831. The molecule has 0 aromatic heterocycles. The molecule has 1 fully saturated rings. The van der Waals surface area contributed by atoms with Gasteiger partial charge in [-0.2, -0.15) is 0 Å². The largest absolute Gasteiger partial charge is 0.385 e. The molecule has 2 heteroatoms. The summed E-state index contributed by atoms with van der Waals surface area (Å²) in [6.07, 6.45) is 6.10. The molecule has 110 valence electrons. The molecule has 0 saturated heterocycles. The topological polar surface area (TPSA) is 23.5 Å². The van der Waals surface area contributed by atoms with Crippen molar-refractivity contribution in [1.29, 1.82) is 0 Å². The van der Waals surface area contributed by atoms with Crippen molar-refractivity contribution in [2.24, 2.45) is 11.8 Å². The van der Waals surface area contributed by atoms with Crippen molar-refractivity contribution in [3.8, 4) is 0 Å². The molecule has 1 aliphatic carbocycles. The van der Waals surface area contributed by atoms with Crippen LogP contribution in [-0.4, -0.2) is 30.6 Å². The maximum absolute atomic E-state index is 11.3. The van der Waals surface area contributed by atoms with Crippen molar-refractivity contribution in [2.75, 3.05) is 20.6 Å². The number of nitrogens with zero attached hydrogens (tertiary/aromatic N) is 1. The first kappa shape index (κ1) is 15.3. The molecule has 2 nitrogen and oxygen atoms in total. The van der Waals surface area contributed by atoms with Crippen LogP contribution in [0.25, 0.3) is 0 Å². The third-order valence-electron chi connectivity index (χ3n) is 4.59. The zero-order valence-corrected chi connectivity index (χ0v) is 12.8. The van der Waals surface area contributed by atoms with E-state index in [4.69, 9.17) is 0 Å². The van der Waals surface area contributed by atoms with Gasteiger partial charge in [0, 0.05) is 12.5 Å². The maximum atomic E-state index is 11.3. The lowest BCUT2D eigenvalue weighted by molar-refractivity contribution is -0.0749. The number of allylic oxidation sites excluding steroid dienone is 1. The third-order valence-corrected chi connectivity index (χ3v) is 4.59. The standard InChI is InChI=1S/C18H27NO/c1-4-8-15-11-12-18(20,16-9-6-5-7-10-16)17(13-15)14-19(2)3/h4-7,9-10,15,17,20H,1,8,11-14H2,2-3H3. The Morgan fingerprint density at radius 3 is 2.65 bits per heavy atom. The molecule has 0 amide bonds. The van der Waals surface area contributed by atoms with E-state index in [1.165, 1.54) is 0 Å². The summed E-state index contributed by atoms with van der Waals surface area (Å²) < 4.78 is 0. The first-order valence-corrected chi connectivity index (χ1v) is 7.59. The Balaban J connectivity index is 2.23. The van der Waals surface area contributed by atoms with Crippen LogP contribution in [0.2, 0.25) is 0 Å². The Kier molecular flexibility index (Phi) is 5.00. The van der Waals surface area contributed by atoms with E-state index < -0.39 is 5.60 Å². The monoisotopic (exact) mass is 273 g/mol. The molecule has 0 spiro atoms. The van der Waals surface area contributed by atoms with Gasteiger partial charge < -0.3 is 10.0 Å². The predicted octanol–water partition coefficient (Wildman–Crippen LogP) is 3.43. The molecule has 1 aromatic rings. The number of benzene rings is 1. The summed E-state index contributed by atoms with van der Waals surface area (Å²) >= 11 is 0. The maximum Gasteiger partial charge on any atom is 0.0936 e. The number of rotatable bonds is 5. The van der Waals surface area contributed by atoms with E-state index in [0.717, 1.165) is 37.8 Å². The van der Waals surface area contributed by atoms with Crippen molar-refractivity contribution in [3.63, 3.8) is 0 Å². The van der Waals surface area contributed by atoms with Gasteiger partial charge in [-0.05, 0) is 51.3 Å². The molecule has 1 aliphatic rings. The van der Waals surface area contributed by atoms with E-state index in [-0.39, 0.29) is 0 Å². The Morgan fingerprint density at radius 1 is 1.35 bits per heavy atom. The third kappa shape index (κ3) is 3.31. The second kappa shape index (κ2) is 6.55. The zero-order valence-electron chi connectivity index (χ0n) is 12.8. The van der Waals surface area contributed by atoms with Gasteiger partial charge in [-0.1, -0.05) is 36.4 Å². The Labute approximate surface area is 123 Å². The molecule has 0 heterocycles. The molecule has 1 saturated carbocycles. The van der Waals surface area contributed by atoms with Gasteiger partial charge >= 0.3 is 0 Å². The van der Waals surface area contributed by atoms with E-state index in [9.17, 15) is 5.11 Å². The second-order valence-electron chi connectivity index (χ2n) is 6.41. The van der Waals surface area contributed by atoms with Gasteiger partial charge in [0.05, 0.1) is 5.60 Å². The van der Waals surface area contributed by atoms with E-state index in [1.54, 1.807) is 0 Å². The normalized spacial score (nSPS) is 30.4. The molecule has 2 rings (SSSR count). The predicted molar refractivity (Wildman–Crippen MR) is 84.5 cm³/mol. The molecule has 1 N–H and O–H groups in total. The molecule has 0 bridgehead atoms. The van der Waals surface area contributed by atoms with E-state index in [2.05, 4.69) is 37.7 Å². The molecule has 20 heavy (non-hydrogen) atoms. The SMILES string of the molecule is C=CCC1CCC(O)(c2ccccc2)C(CN(C)C)C1. The van der Waals surface area contributed by atoms with Crippen LogP contribution in [-0.2, 0) is 5.60 Å². The summed E-state index contributed by atoms with van der Waals surface area (Å²) in [5.74, 6) is 0.958. The van der Waals surface area contributed by atoms with Gasteiger partial charge in [-0.25, -0.2) is 0 Å². The van der Waals surface area contributed by atoms with Crippen molar-refractivity contribution in [3.05, 3.63) is 48.6 Å². The van der Waals surface area contributed by atoms with Crippen LogP contribution in [0.3, 0.4) is 0 Å². The minimum Gasteiger partial charge on any atom is -0.385 e. The van der Waals surface area contributed by atoms with Crippen LogP contribution in [0.5, 0.6) is 0 Å². The minimum absolute atomic E-state index is 0.290. The molecular weight excluding hydrogens is 246 g/mol. The fraction of sp³-hybridized carbons (Fsp3) is 0.556. The van der Waals surface area contributed by atoms with Crippen LogP contribution in [0, 0.1) is 11.8 Å². The lowest BCUT2D eigenvalue weighted by atomic mass is 9.67. The first-order chi connectivity index (χ1) is 9.56. The van der Waals surface area contributed by atoms with Crippen LogP contribution in [0.4, 0.5) is 0 Å². The summed E-state index contributed by atoms with van der Waals surface area (Å²) in [5, 5.41) is 11.3. The fourth-order valence-corrected chi connectivity index (χ4v) is 3.57. The van der Waals surface area contributed by atoms with Crippen molar-refractivity contribution >= 4 is 0 Å². The lowest BCUT2D eigenvalue weighted by Crippen LogP contribution is -2.45. The highest BCUT2D eigenvalue weighted by Gasteiger charge is 2.42. The molecular formula is C18H27NO. The summed E-state index contributed by atoms with van der Waals surface area (Å²) in [5.41, 5.74) is 0.396. The van der Waals surface area contributed by atoms with Gasteiger partial charge in [0.2, 0.25) is 0 Å². The minimum atomic E-state index is -0.677. The first-order valence-electron chi connectivity index (χ1n) is 7.59. The number of hydrogen-bond acceptors (Lipinski definition) is 2. The summed E-state index contributed by atoms with van der Waals surface area (Å²) in [6, 6.07) is 10.2. The van der Waals surface area contributed by atoms with E-state index in [0.29, 0.717) is 11.8 Å². The molecule has 1 aromatic carbocycles. The van der Waals surface area contributed by atoms with E-state index in [1.807, 2.05) is 24.3 Å². The summed E-state index contributed by atoms with van der Waals surface area (Å²) in [7, 11) is 4.17. The van der Waals surface area contributed by atoms with Crippen LogP contribution < -0.4 is 0 Å². The smallest absolute Gasteiger partial charge is 0.0936 e. The van der Waals surface area contributed by atoms with Crippen molar-refractivity contribution < 1.29 is 5.11 Å². The molecule has 3 atom stereocenters. The number of hydrogen-bond donors (Lipinski definition) is 1. The second-order valence-corrected chi connectivity index (χ2v) is 6.41. The highest BCUT2D eigenvalue weighted by atomic mass is 16.3. The van der Waals surface area contributed by atoms with Crippen LogP contribution in [0.15, 0.2) is 43.0 Å². The van der Waals surface area contributed by atoms with Gasteiger partial charge in [0.1, 0.15) is 0 Å². The van der Waals surface area contributed by atoms with Gasteiger partial charge in [-0.15, -0.1) is 6.58 Å². The lowest BCUT2D eigenvalue weighted by Gasteiger charge is -2.44. The Bertz CT molecular complexity index is 428. The Hall–Kier alpha value is -1.12. The summed E-state index contributed by atoms with van der Waals surface area (Å²) in [6.45, 7) is 4.79. The van der Waals surface area contributed by atoms with E-state index >= 15 is 0 Å². The fourth-order valence-electron chi connectivity index (χ4n) is 3.57. The van der Waals surface area contributed by atoms with Gasteiger partial charge in [0.15, 0.2) is 0 Å². The molecule has 3 unspecified atom stereocenters.